The molecule has 3 rings (SSSR count). The normalized spacial score (nSPS) is 13.4. The minimum atomic E-state index is -0.484. The molecule has 20 heavy (non-hydrogen) atoms. The molecule has 0 atom stereocenters. The molecule has 0 heterocycles. The summed E-state index contributed by atoms with van der Waals surface area (Å²) in [5.74, 6) is -0.484. The maximum absolute atomic E-state index is 13.6. The summed E-state index contributed by atoms with van der Waals surface area (Å²) in [6.45, 7) is 0. The summed E-state index contributed by atoms with van der Waals surface area (Å²) in [4.78, 5) is 0. The number of benzene rings is 2. The zero-order valence-electron chi connectivity index (χ0n) is 11.1. The van der Waals surface area contributed by atoms with Gasteiger partial charge in [-0.25, -0.2) is 4.39 Å². The first-order chi connectivity index (χ1) is 9.78. The highest BCUT2D eigenvalue weighted by Crippen LogP contribution is 2.30. The van der Waals surface area contributed by atoms with Gasteiger partial charge in [0, 0.05) is 11.4 Å². The molecule has 0 aromatic heterocycles. The third kappa shape index (κ3) is 2.37. The Bertz CT molecular complexity index is 686. The lowest BCUT2D eigenvalue weighted by atomic mass is 9.90. The van der Waals surface area contributed by atoms with Crippen molar-refractivity contribution in [3.05, 3.63) is 58.9 Å². The quantitative estimate of drug-likeness (QED) is 0.878. The lowest BCUT2D eigenvalue weighted by Gasteiger charge is -2.20. The molecule has 0 amide bonds. The number of hydrogen-bond donors (Lipinski definition) is 1. The highest BCUT2D eigenvalue weighted by molar-refractivity contribution is 5.65. The SMILES string of the molecule is N#Cc1ccc(Nc2cccc3c2CCCC3)cc1F. The van der Waals surface area contributed by atoms with E-state index in [1.165, 1.54) is 36.1 Å². The van der Waals surface area contributed by atoms with Crippen molar-refractivity contribution < 1.29 is 4.39 Å². The molecule has 2 nitrogen and oxygen atoms in total. The van der Waals surface area contributed by atoms with E-state index in [4.69, 9.17) is 5.26 Å². The topological polar surface area (TPSA) is 35.8 Å². The molecule has 2 aromatic carbocycles. The average molecular weight is 266 g/mol. The number of hydrogen-bond acceptors (Lipinski definition) is 2. The molecule has 0 radical (unpaired) electrons. The monoisotopic (exact) mass is 266 g/mol. The fourth-order valence-corrected chi connectivity index (χ4v) is 2.74. The molecule has 0 saturated heterocycles. The Morgan fingerprint density at radius 2 is 1.95 bits per heavy atom. The van der Waals surface area contributed by atoms with Crippen LogP contribution in [0.25, 0.3) is 0 Å². The van der Waals surface area contributed by atoms with Crippen molar-refractivity contribution in [1.82, 2.24) is 0 Å². The molecular weight excluding hydrogens is 251 g/mol. The predicted molar refractivity (Wildman–Crippen MR) is 77.5 cm³/mol. The summed E-state index contributed by atoms with van der Waals surface area (Å²) in [6, 6.07) is 12.7. The summed E-state index contributed by atoms with van der Waals surface area (Å²) >= 11 is 0. The molecular formula is C17H15FN2. The number of nitrogens with one attached hydrogen (secondary N) is 1. The molecule has 1 aliphatic carbocycles. The van der Waals surface area contributed by atoms with Gasteiger partial charge in [0.2, 0.25) is 0 Å². The summed E-state index contributed by atoms with van der Waals surface area (Å²) in [5.41, 5.74) is 4.52. The lowest BCUT2D eigenvalue weighted by molar-refractivity contribution is 0.624. The Kier molecular flexibility index (Phi) is 3.39. The Labute approximate surface area is 117 Å². The molecule has 0 fully saturated rings. The van der Waals surface area contributed by atoms with E-state index in [1.807, 2.05) is 18.2 Å². The summed E-state index contributed by atoms with van der Waals surface area (Å²) in [5, 5.41) is 12.0. The third-order valence-corrected chi connectivity index (χ3v) is 3.76. The predicted octanol–water partition coefficient (Wildman–Crippen LogP) is 4.32. The van der Waals surface area contributed by atoms with Gasteiger partial charge in [-0.3, -0.25) is 0 Å². The van der Waals surface area contributed by atoms with Crippen molar-refractivity contribution >= 4 is 11.4 Å². The Balaban J connectivity index is 1.92. The summed E-state index contributed by atoms with van der Waals surface area (Å²) in [7, 11) is 0. The van der Waals surface area contributed by atoms with Gasteiger partial charge in [0.1, 0.15) is 11.9 Å². The maximum Gasteiger partial charge on any atom is 0.143 e. The van der Waals surface area contributed by atoms with E-state index < -0.39 is 5.82 Å². The number of anilines is 2. The zero-order chi connectivity index (χ0) is 13.9. The van der Waals surface area contributed by atoms with Crippen LogP contribution >= 0.6 is 0 Å². The smallest absolute Gasteiger partial charge is 0.143 e. The van der Waals surface area contributed by atoms with E-state index in [2.05, 4.69) is 11.4 Å². The van der Waals surface area contributed by atoms with Crippen LogP contribution in [-0.2, 0) is 12.8 Å². The first-order valence-electron chi connectivity index (χ1n) is 6.85. The van der Waals surface area contributed by atoms with Gasteiger partial charge >= 0.3 is 0 Å². The van der Waals surface area contributed by atoms with Crippen molar-refractivity contribution in [3.63, 3.8) is 0 Å². The fourth-order valence-electron chi connectivity index (χ4n) is 2.74. The largest absolute Gasteiger partial charge is 0.355 e. The van der Waals surface area contributed by atoms with E-state index >= 15 is 0 Å². The van der Waals surface area contributed by atoms with Gasteiger partial charge in [0.15, 0.2) is 0 Å². The van der Waals surface area contributed by atoms with Crippen LogP contribution in [-0.4, -0.2) is 0 Å². The first kappa shape index (κ1) is 12.7. The second-order valence-corrected chi connectivity index (χ2v) is 5.08. The van der Waals surface area contributed by atoms with Crippen LogP contribution in [0.4, 0.5) is 15.8 Å². The van der Waals surface area contributed by atoms with Crippen LogP contribution in [0.5, 0.6) is 0 Å². The van der Waals surface area contributed by atoms with Crippen LogP contribution in [0, 0.1) is 17.1 Å². The van der Waals surface area contributed by atoms with E-state index in [-0.39, 0.29) is 5.56 Å². The van der Waals surface area contributed by atoms with Crippen molar-refractivity contribution in [2.45, 2.75) is 25.7 Å². The van der Waals surface area contributed by atoms with Crippen molar-refractivity contribution in [2.24, 2.45) is 0 Å². The molecule has 2 aromatic rings. The Hall–Kier alpha value is -2.34. The molecule has 3 heteroatoms. The molecule has 100 valence electrons. The maximum atomic E-state index is 13.6. The average Bonchev–Trinajstić information content (AvgIpc) is 2.48. The summed E-state index contributed by atoms with van der Waals surface area (Å²) < 4.78 is 13.6. The molecule has 1 aliphatic rings. The molecule has 0 saturated carbocycles. The van der Waals surface area contributed by atoms with Crippen LogP contribution < -0.4 is 5.32 Å². The van der Waals surface area contributed by atoms with Crippen LogP contribution in [0.1, 0.15) is 29.5 Å². The molecule has 0 bridgehead atoms. The number of fused-ring (bicyclic) bond motifs is 1. The third-order valence-electron chi connectivity index (χ3n) is 3.76. The number of aryl methyl sites for hydroxylation is 1. The van der Waals surface area contributed by atoms with Gasteiger partial charge in [-0.1, -0.05) is 12.1 Å². The second-order valence-electron chi connectivity index (χ2n) is 5.08. The molecule has 0 spiro atoms. The molecule has 0 aliphatic heterocycles. The number of nitrogens with zero attached hydrogens (tertiary/aromatic N) is 1. The van der Waals surface area contributed by atoms with Gasteiger partial charge in [-0.05, 0) is 61.1 Å². The van der Waals surface area contributed by atoms with Crippen LogP contribution in [0.3, 0.4) is 0 Å². The van der Waals surface area contributed by atoms with Gasteiger partial charge in [0.25, 0.3) is 0 Å². The Morgan fingerprint density at radius 3 is 2.75 bits per heavy atom. The van der Waals surface area contributed by atoms with E-state index in [0.717, 1.165) is 18.5 Å². The molecule has 1 N–H and O–H groups in total. The standard InChI is InChI=1S/C17H15FN2/c18-16-10-14(9-8-13(16)11-19)20-17-7-3-5-12-4-1-2-6-15(12)17/h3,5,7-10,20H,1-2,4,6H2. The van der Waals surface area contributed by atoms with E-state index in [9.17, 15) is 4.39 Å². The second kappa shape index (κ2) is 5.34. The minimum absolute atomic E-state index is 0.0747. The van der Waals surface area contributed by atoms with Gasteiger partial charge < -0.3 is 5.32 Å². The van der Waals surface area contributed by atoms with Crippen molar-refractivity contribution in [3.8, 4) is 6.07 Å². The summed E-state index contributed by atoms with van der Waals surface area (Å²) in [6.07, 6.45) is 4.62. The minimum Gasteiger partial charge on any atom is -0.355 e. The van der Waals surface area contributed by atoms with Crippen molar-refractivity contribution in [1.29, 1.82) is 5.26 Å². The highest BCUT2D eigenvalue weighted by Gasteiger charge is 2.13. The number of halogens is 1. The fraction of sp³-hybridized carbons (Fsp3) is 0.235. The zero-order valence-corrected chi connectivity index (χ0v) is 11.1. The van der Waals surface area contributed by atoms with Gasteiger partial charge in [-0.15, -0.1) is 0 Å². The van der Waals surface area contributed by atoms with Crippen LogP contribution in [0.15, 0.2) is 36.4 Å². The van der Waals surface area contributed by atoms with E-state index in [1.54, 1.807) is 6.07 Å². The lowest BCUT2D eigenvalue weighted by Crippen LogP contribution is -2.06. The van der Waals surface area contributed by atoms with Gasteiger partial charge in [0.05, 0.1) is 5.56 Å². The van der Waals surface area contributed by atoms with Crippen LogP contribution in [0.2, 0.25) is 0 Å². The number of nitriles is 1. The first-order valence-corrected chi connectivity index (χ1v) is 6.85. The van der Waals surface area contributed by atoms with Gasteiger partial charge in [-0.2, -0.15) is 5.26 Å². The Morgan fingerprint density at radius 1 is 1.10 bits per heavy atom. The van der Waals surface area contributed by atoms with Crippen molar-refractivity contribution in [2.75, 3.05) is 5.32 Å². The molecule has 0 unspecified atom stereocenters. The highest BCUT2D eigenvalue weighted by atomic mass is 19.1. The number of rotatable bonds is 2. The van der Waals surface area contributed by atoms with E-state index in [0.29, 0.717) is 5.69 Å².